The van der Waals surface area contributed by atoms with E-state index in [1.807, 2.05) is 45.0 Å². The first kappa shape index (κ1) is 18.2. The lowest BCUT2D eigenvalue weighted by Crippen LogP contribution is -2.48. The predicted octanol–water partition coefficient (Wildman–Crippen LogP) is 4.72. The fraction of sp³-hybridized carbons (Fsp3) is 0.381. The molecule has 4 nitrogen and oxygen atoms in total. The van der Waals surface area contributed by atoms with Crippen molar-refractivity contribution in [1.82, 2.24) is 10.6 Å². The fourth-order valence-corrected chi connectivity index (χ4v) is 3.08. The Bertz CT molecular complexity index is 827. The van der Waals surface area contributed by atoms with Gasteiger partial charge in [-0.2, -0.15) is 0 Å². The van der Waals surface area contributed by atoms with E-state index in [9.17, 15) is 9.18 Å². The molecule has 1 aliphatic rings. The summed E-state index contributed by atoms with van der Waals surface area (Å²) in [5.74, 6) is 0.563. The Balaban J connectivity index is 1.88. The molecule has 0 bridgehead atoms. The van der Waals surface area contributed by atoms with Crippen molar-refractivity contribution in [2.75, 3.05) is 6.61 Å². The lowest BCUT2D eigenvalue weighted by Gasteiger charge is -2.29. The third-order valence-corrected chi connectivity index (χ3v) is 4.33. The zero-order chi connectivity index (χ0) is 18.9. The number of ether oxygens (including phenoxy) is 1. The summed E-state index contributed by atoms with van der Waals surface area (Å²) in [5.41, 5.74) is 3.16. The summed E-state index contributed by atoms with van der Waals surface area (Å²) in [4.78, 5) is 12.3. The Morgan fingerprint density at radius 1 is 1.15 bits per heavy atom. The van der Waals surface area contributed by atoms with Gasteiger partial charge in [0.15, 0.2) is 0 Å². The van der Waals surface area contributed by atoms with Crippen LogP contribution in [0.25, 0.3) is 11.1 Å². The van der Waals surface area contributed by atoms with Gasteiger partial charge in [0, 0.05) is 17.5 Å². The van der Waals surface area contributed by atoms with Crippen LogP contribution in [0, 0.1) is 12.7 Å². The molecule has 2 amide bonds. The molecule has 26 heavy (non-hydrogen) atoms. The SMILES string of the molecule is Cc1cc(-c2ccc3c(c2)C(NC(=O)NC(C)(C)C)CCO3)ccc1F. The first-order valence-electron chi connectivity index (χ1n) is 8.85. The lowest BCUT2D eigenvalue weighted by atomic mass is 9.95. The monoisotopic (exact) mass is 356 g/mol. The van der Waals surface area contributed by atoms with Gasteiger partial charge >= 0.3 is 6.03 Å². The number of carbonyl (C=O) groups is 1. The molecule has 1 aliphatic heterocycles. The van der Waals surface area contributed by atoms with Gasteiger partial charge in [0.05, 0.1) is 12.6 Å². The molecule has 138 valence electrons. The number of benzene rings is 2. The van der Waals surface area contributed by atoms with Crippen LogP contribution < -0.4 is 15.4 Å². The van der Waals surface area contributed by atoms with E-state index < -0.39 is 0 Å². The summed E-state index contributed by atoms with van der Waals surface area (Å²) < 4.78 is 19.3. The highest BCUT2D eigenvalue weighted by atomic mass is 19.1. The van der Waals surface area contributed by atoms with Crippen molar-refractivity contribution < 1.29 is 13.9 Å². The summed E-state index contributed by atoms with van der Waals surface area (Å²) in [6, 6.07) is 10.6. The zero-order valence-corrected chi connectivity index (χ0v) is 15.7. The summed E-state index contributed by atoms with van der Waals surface area (Å²) >= 11 is 0. The lowest BCUT2D eigenvalue weighted by molar-refractivity contribution is 0.216. The van der Waals surface area contributed by atoms with Crippen molar-refractivity contribution in [1.29, 1.82) is 0 Å². The number of halogens is 1. The number of rotatable bonds is 2. The highest BCUT2D eigenvalue weighted by molar-refractivity contribution is 5.76. The van der Waals surface area contributed by atoms with Gasteiger partial charge in [-0.15, -0.1) is 0 Å². The quantitative estimate of drug-likeness (QED) is 0.818. The van der Waals surface area contributed by atoms with E-state index in [1.54, 1.807) is 13.0 Å². The number of carbonyl (C=O) groups excluding carboxylic acids is 1. The summed E-state index contributed by atoms with van der Waals surface area (Å²) in [5, 5.41) is 5.97. The van der Waals surface area contributed by atoms with E-state index in [0.29, 0.717) is 18.6 Å². The average molecular weight is 356 g/mol. The van der Waals surface area contributed by atoms with Crippen LogP contribution in [0.15, 0.2) is 36.4 Å². The molecule has 0 aliphatic carbocycles. The van der Waals surface area contributed by atoms with Gasteiger partial charge in [-0.05, 0) is 68.7 Å². The molecule has 0 fully saturated rings. The van der Waals surface area contributed by atoms with Crippen molar-refractivity contribution >= 4 is 6.03 Å². The number of aryl methyl sites for hydroxylation is 1. The van der Waals surface area contributed by atoms with Crippen LogP contribution in [-0.4, -0.2) is 18.2 Å². The van der Waals surface area contributed by atoms with Gasteiger partial charge in [0.2, 0.25) is 0 Å². The molecule has 2 N–H and O–H groups in total. The number of urea groups is 1. The molecule has 3 rings (SSSR count). The van der Waals surface area contributed by atoms with Gasteiger partial charge in [0.1, 0.15) is 11.6 Å². The third kappa shape index (κ3) is 4.15. The van der Waals surface area contributed by atoms with Gasteiger partial charge < -0.3 is 15.4 Å². The Labute approximate surface area is 153 Å². The van der Waals surface area contributed by atoms with Crippen LogP contribution >= 0.6 is 0 Å². The predicted molar refractivity (Wildman–Crippen MR) is 101 cm³/mol. The Kier molecular flexibility index (Phi) is 4.90. The number of amides is 2. The largest absolute Gasteiger partial charge is 0.493 e. The molecule has 0 aromatic heterocycles. The summed E-state index contributed by atoms with van der Waals surface area (Å²) in [6.07, 6.45) is 0.705. The maximum Gasteiger partial charge on any atom is 0.315 e. The van der Waals surface area contributed by atoms with Gasteiger partial charge in [-0.3, -0.25) is 0 Å². The number of nitrogens with one attached hydrogen (secondary N) is 2. The maximum atomic E-state index is 13.6. The standard InChI is InChI=1S/C21H25FN2O2/c1-13-11-14(5-7-17(13)22)15-6-8-19-16(12-15)18(9-10-26-19)23-20(25)24-21(2,3)4/h5-8,11-12,18H,9-10H2,1-4H3,(H2,23,24,25). The molecule has 0 spiro atoms. The van der Waals surface area contributed by atoms with Crippen molar-refractivity contribution in [3.05, 3.63) is 53.3 Å². The molecule has 1 heterocycles. The molecule has 0 saturated carbocycles. The van der Waals surface area contributed by atoms with E-state index >= 15 is 0 Å². The molecule has 1 unspecified atom stereocenters. The summed E-state index contributed by atoms with van der Waals surface area (Å²) in [6.45, 7) is 8.14. The van der Waals surface area contributed by atoms with Crippen LogP contribution in [0.5, 0.6) is 5.75 Å². The number of fused-ring (bicyclic) bond motifs is 1. The second-order valence-corrected chi connectivity index (χ2v) is 7.75. The smallest absolute Gasteiger partial charge is 0.315 e. The van der Waals surface area contributed by atoms with Gasteiger partial charge in [-0.1, -0.05) is 12.1 Å². The van der Waals surface area contributed by atoms with Crippen molar-refractivity contribution in [2.24, 2.45) is 0 Å². The Hall–Kier alpha value is -2.56. The molecule has 0 saturated heterocycles. The minimum Gasteiger partial charge on any atom is -0.493 e. The third-order valence-electron chi connectivity index (χ3n) is 4.33. The number of hydrogen-bond donors (Lipinski definition) is 2. The topological polar surface area (TPSA) is 50.4 Å². The van der Waals surface area contributed by atoms with Crippen LogP contribution in [0.4, 0.5) is 9.18 Å². The van der Waals surface area contributed by atoms with E-state index in [1.165, 1.54) is 6.07 Å². The minimum atomic E-state index is -0.300. The number of hydrogen-bond acceptors (Lipinski definition) is 2. The fourth-order valence-electron chi connectivity index (χ4n) is 3.08. The van der Waals surface area contributed by atoms with Crippen LogP contribution in [0.1, 0.15) is 44.4 Å². The van der Waals surface area contributed by atoms with Crippen molar-refractivity contribution in [3.8, 4) is 16.9 Å². The van der Waals surface area contributed by atoms with E-state index in [4.69, 9.17) is 4.74 Å². The van der Waals surface area contributed by atoms with E-state index in [2.05, 4.69) is 10.6 Å². The highest BCUT2D eigenvalue weighted by Crippen LogP contribution is 2.35. The first-order valence-corrected chi connectivity index (χ1v) is 8.85. The highest BCUT2D eigenvalue weighted by Gasteiger charge is 2.25. The average Bonchev–Trinajstić information content (AvgIpc) is 2.55. The maximum absolute atomic E-state index is 13.6. The van der Waals surface area contributed by atoms with Crippen LogP contribution in [0.3, 0.4) is 0 Å². The molecule has 0 radical (unpaired) electrons. The molecule has 5 heteroatoms. The molecule has 2 aromatic rings. The second-order valence-electron chi connectivity index (χ2n) is 7.75. The first-order chi connectivity index (χ1) is 12.2. The molecule has 2 aromatic carbocycles. The van der Waals surface area contributed by atoms with Gasteiger partial charge in [-0.25, -0.2) is 9.18 Å². The van der Waals surface area contributed by atoms with Crippen molar-refractivity contribution in [3.63, 3.8) is 0 Å². The van der Waals surface area contributed by atoms with Crippen LogP contribution in [0.2, 0.25) is 0 Å². The zero-order valence-electron chi connectivity index (χ0n) is 15.7. The Morgan fingerprint density at radius 2 is 1.85 bits per heavy atom. The molecular weight excluding hydrogens is 331 g/mol. The van der Waals surface area contributed by atoms with E-state index in [-0.39, 0.29) is 23.4 Å². The second kappa shape index (κ2) is 6.98. The van der Waals surface area contributed by atoms with Gasteiger partial charge in [0.25, 0.3) is 0 Å². The summed E-state index contributed by atoms with van der Waals surface area (Å²) in [7, 11) is 0. The minimum absolute atomic E-state index is 0.123. The normalized spacial score (nSPS) is 16.4. The van der Waals surface area contributed by atoms with Crippen molar-refractivity contribution in [2.45, 2.75) is 45.7 Å². The molecular formula is C21H25FN2O2. The Morgan fingerprint density at radius 3 is 2.54 bits per heavy atom. The van der Waals surface area contributed by atoms with E-state index in [0.717, 1.165) is 22.4 Å². The molecule has 1 atom stereocenters. The van der Waals surface area contributed by atoms with Crippen LogP contribution in [-0.2, 0) is 0 Å².